The van der Waals surface area contributed by atoms with E-state index in [1.165, 1.54) is 6.20 Å². The van der Waals surface area contributed by atoms with Gasteiger partial charge in [-0.25, -0.2) is 18.1 Å². The smallest absolute Gasteiger partial charge is 0.260 e. The van der Waals surface area contributed by atoms with Crippen LogP contribution in [0.3, 0.4) is 0 Å². The number of nitrogen functional groups attached to an aromatic ring is 1. The molecular weight excluding hydrogens is 290 g/mol. The largest absolute Gasteiger partial charge is 0.321 e. The van der Waals surface area contributed by atoms with E-state index in [-0.39, 0.29) is 5.03 Å². The second-order valence-corrected chi connectivity index (χ2v) is 7.12. The Bertz CT molecular complexity index is 555. The van der Waals surface area contributed by atoms with Crippen LogP contribution in [0.25, 0.3) is 0 Å². The number of hydrogen-bond acceptors (Lipinski definition) is 6. The zero-order valence-electron chi connectivity index (χ0n) is 12.2. The maximum absolute atomic E-state index is 12.2. The van der Waals surface area contributed by atoms with E-state index in [1.54, 1.807) is 12.1 Å². The van der Waals surface area contributed by atoms with Gasteiger partial charge in [-0.1, -0.05) is 0 Å². The van der Waals surface area contributed by atoms with Crippen molar-refractivity contribution in [1.29, 1.82) is 0 Å². The average molecular weight is 313 g/mol. The Morgan fingerprint density at radius 1 is 1.43 bits per heavy atom. The van der Waals surface area contributed by atoms with Crippen molar-refractivity contribution in [3.8, 4) is 0 Å². The monoisotopic (exact) mass is 313 g/mol. The molecule has 0 amide bonds. The van der Waals surface area contributed by atoms with Gasteiger partial charge >= 0.3 is 0 Å². The summed E-state index contributed by atoms with van der Waals surface area (Å²) in [6, 6.07) is 3.21. The highest BCUT2D eigenvalue weighted by Gasteiger charge is 2.21. The minimum atomic E-state index is -3.63. The lowest BCUT2D eigenvalue weighted by Crippen LogP contribution is -2.33. The van der Waals surface area contributed by atoms with E-state index in [2.05, 4.69) is 27.1 Å². The molecule has 1 fully saturated rings. The predicted molar refractivity (Wildman–Crippen MR) is 82.1 cm³/mol. The number of likely N-dealkylation sites (tertiary alicyclic amines) is 1. The van der Waals surface area contributed by atoms with Crippen LogP contribution >= 0.6 is 0 Å². The van der Waals surface area contributed by atoms with Crippen molar-refractivity contribution in [2.45, 2.75) is 24.3 Å². The molecular formula is C13H23N5O2S. The molecule has 1 saturated heterocycles. The van der Waals surface area contributed by atoms with E-state index in [0.717, 1.165) is 32.4 Å². The highest BCUT2D eigenvalue weighted by atomic mass is 32.2. The van der Waals surface area contributed by atoms with E-state index < -0.39 is 10.0 Å². The standard InChI is InChI=1S/C13H23N5O2S/c1-18-9-5-11(6-10-18)4-8-16-21(19,20)13-12(17-14)3-2-7-15-13/h2-3,7,11,16-17H,4-6,8-10,14H2,1H3. The number of anilines is 1. The molecule has 8 heteroatoms. The minimum absolute atomic E-state index is 0.0594. The van der Waals surface area contributed by atoms with Gasteiger partial charge in [0.2, 0.25) is 0 Å². The minimum Gasteiger partial charge on any atom is -0.321 e. The van der Waals surface area contributed by atoms with Gasteiger partial charge in [-0.3, -0.25) is 5.84 Å². The van der Waals surface area contributed by atoms with Crippen LogP contribution in [0.5, 0.6) is 0 Å². The van der Waals surface area contributed by atoms with Crippen LogP contribution in [0.4, 0.5) is 5.69 Å². The molecule has 1 aromatic heterocycles. The van der Waals surface area contributed by atoms with E-state index in [9.17, 15) is 8.42 Å². The molecule has 2 heterocycles. The van der Waals surface area contributed by atoms with E-state index >= 15 is 0 Å². The summed E-state index contributed by atoms with van der Waals surface area (Å²) in [7, 11) is -1.52. The molecule has 2 rings (SSSR count). The van der Waals surface area contributed by atoms with Gasteiger partial charge < -0.3 is 10.3 Å². The summed E-state index contributed by atoms with van der Waals surface area (Å²) in [6.45, 7) is 2.59. The summed E-state index contributed by atoms with van der Waals surface area (Å²) in [5.41, 5.74) is 2.65. The zero-order valence-corrected chi connectivity index (χ0v) is 13.1. The maximum Gasteiger partial charge on any atom is 0.260 e. The molecule has 0 unspecified atom stereocenters. The van der Waals surface area contributed by atoms with E-state index in [0.29, 0.717) is 18.2 Å². The Hall–Kier alpha value is -1.22. The maximum atomic E-state index is 12.2. The second-order valence-electron chi connectivity index (χ2n) is 5.43. The molecule has 0 saturated carbocycles. The van der Waals surface area contributed by atoms with Gasteiger partial charge in [0, 0.05) is 12.7 Å². The zero-order chi connectivity index (χ0) is 15.3. The molecule has 0 aliphatic carbocycles. The van der Waals surface area contributed by atoms with Gasteiger partial charge in [0.25, 0.3) is 10.0 Å². The third-order valence-electron chi connectivity index (χ3n) is 3.86. The number of hydrazine groups is 1. The summed E-state index contributed by atoms with van der Waals surface area (Å²) < 4.78 is 27.1. The Morgan fingerprint density at radius 2 is 2.14 bits per heavy atom. The molecule has 4 N–H and O–H groups in total. The van der Waals surface area contributed by atoms with Crippen LogP contribution in [0.15, 0.2) is 23.4 Å². The van der Waals surface area contributed by atoms with Crippen molar-refractivity contribution in [2.75, 3.05) is 32.1 Å². The summed E-state index contributed by atoms with van der Waals surface area (Å²) in [6.07, 6.45) is 4.53. The number of nitrogens with zero attached hydrogens (tertiary/aromatic N) is 2. The SMILES string of the molecule is CN1CCC(CCNS(=O)(=O)c2ncccc2NN)CC1. The van der Waals surface area contributed by atoms with Crippen LogP contribution in [0, 0.1) is 5.92 Å². The molecule has 0 radical (unpaired) electrons. The molecule has 0 aromatic carbocycles. The lowest BCUT2D eigenvalue weighted by molar-refractivity contribution is 0.213. The lowest BCUT2D eigenvalue weighted by Gasteiger charge is -2.28. The van der Waals surface area contributed by atoms with Crippen LogP contribution in [-0.2, 0) is 10.0 Å². The molecule has 118 valence electrons. The van der Waals surface area contributed by atoms with Crippen LogP contribution in [-0.4, -0.2) is 45.0 Å². The predicted octanol–water partition coefficient (Wildman–Crippen LogP) is 0.377. The van der Waals surface area contributed by atoms with Crippen LogP contribution in [0.2, 0.25) is 0 Å². The Morgan fingerprint density at radius 3 is 2.81 bits per heavy atom. The van der Waals surface area contributed by atoms with Gasteiger partial charge in [-0.2, -0.15) is 0 Å². The molecule has 7 nitrogen and oxygen atoms in total. The first-order valence-electron chi connectivity index (χ1n) is 7.13. The summed E-state index contributed by atoms with van der Waals surface area (Å²) in [5.74, 6) is 5.90. The van der Waals surface area contributed by atoms with E-state index in [1.807, 2.05) is 0 Å². The number of sulfonamides is 1. The molecule has 0 bridgehead atoms. The van der Waals surface area contributed by atoms with Crippen molar-refractivity contribution in [2.24, 2.45) is 11.8 Å². The summed E-state index contributed by atoms with van der Waals surface area (Å²) >= 11 is 0. The van der Waals surface area contributed by atoms with Gasteiger partial charge in [-0.15, -0.1) is 0 Å². The number of hydrogen-bond donors (Lipinski definition) is 3. The van der Waals surface area contributed by atoms with Gasteiger partial charge in [-0.05, 0) is 57.5 Å². The molecule has 1 aliphatic heterocycles. The number of nitrogens with two attached hydrogens (primary N) is 1. The van der Waals surface area contributed by atoms with Gasteiger partial charge in [0.1, 0.15) is 0 Å². The molecule has 0 spiro atoms. The molecule has 21 heavy (non-hydrogen) atoms. The summed E-state index contributed by atoms with van der Waals surface area (Å²) in [4.78, 5) is 6.20. The van der Waals surface area contributed by atoms with Crippen molar-refractivity contribution in [3.63, 3.8) is 0 Å². The topological polar surface area (TPSA) is 100 Å². The van der Waals surface area contributed by atoms with Crippen molar-refractivity contribution in [1.82, 2.24) is 14.6 Å². The Balaban J connectivity index is 1.89. The van der Waals surface area contributed by atoms with Crippen LogP contribution in [0.1, 0.15) is 19.3 Å². The highest BCUT2D eigenvalue weighted by Crippen LogP contribution is 2.20. The first-order chi connectivity index (χ1) is 10.0. The second kappa shape index (κ2) is 7.17. The Kier molecular flexibility index (Phi) is 5.51. The normalized spacial score (nSPS) is 17.8. The lowest BCUT2D eigenvalue weighted by atomic mass is 9.94. The van der Waals surface area contributed by atoms with Crippen molar-refractivity contribution < 1.29 is 8.42 Å². The van der Waals surface area contributed by atoms with Gasteiger partial charge in [0.05, 0.1) is 5.69 Å². The van der Waals surface area contributed by atoms with Gasteiger partial charge in [0.15, 0.2) is 5.03 Å². The third kappa shape index (κ3) is 4.37. The third-order valence-corrected chi connectivity index (χ3v) is 5.28. The average Bonchev–Trinajstić information content (AvgIpc) is 2.49. The molecule has 1 aromatic rings. The number of piperidine rings is 1. The summed E-state index contributed by atoms with van der Waals surface area (Å²) in [5, 5.41) is -0.0594. The number of rotatable bonds is 6. The fraction of sp³-hybridized carbons (Fsp3) is 0.615. The first kappa shape index (κ1) is 16.2. The number of nitrogens with one attached hydrogen (secondary N) is 2. The number of aromatic nitrogens is 1. The molecule has 0 atom stereocenters. The number of pyridine rings is 1. The fourth-order valence-electron chi connectivity index (χ4n) is 2.53. The fourth-order valence-corrected chi connectivity index (χ4v) is 3.67. The first-order valence-corrected chi connectivity index (χ1v) is 8.61. The van der Waals surface area contributed by atoms with Crippen LogP contribution < -0.4 is 16.0 Å². The van der Waals surface area contributed by atoms with E-state index in [4.69, 9.17) is 5.84 Å². The molecule has 1 aliphatic rings. The van der Waals surface area contributed by atoms with Crippen molar-refractivity contribution in [3.05, 3.63) is 18.3 Å². The quantitative estimate of drug-likeness (QED) is 0.518. The highest BCUT2D eigenvalue weighted by molar-refractivity contribution is 7.89. The Labute approximate surface area is 125 Å². The van der Waals surface area contributed by atoms with Crippen molar-refractivity contribution >= 4 is 15.7 Å².